The van der Waals surface area contributed by atoms with Gasteiger partial charge < -0.3 is 15.8 Å². The number of hydrogen-bond acceptors (Lipinski definition) is 3. The number of rotatable bonds is 5. The molecule has 1 aromatic carbocycles. The van der Waals surface area contributed by atoms with Crippen molar-refractivity contribution in [3.8, 4) is 5.75 Å². The second-order valence-corrected chi connectivity index (χ2v) is 3.51. The SMILES string of the molecule is CCC(N)c1ccccc1OCC(=O)NC. The van der Waals surface area contributed by atoms with Crippen LogP contribution >= 0.6 is 0 Å². The van der Waals surface area contributed by atoms with Gasteiger partial charge >= 0.3 is 0 Å². The van der Waals surface area contributed by atoms with Crippen LogP contribution in [0, 0.1) is 0 Å². The van der Waals surface area contributed by atoms with Crippen molar-refractivity contribution in [2.24, 2.45) is 5.73 Å². The van der Waals surface area contributed by atoms with Gasteiger partial charge in [0, 0.05) is 18.7 Å². The highest BCUT2D eigenvalue weighted by molar-refractivity contribution is 5.77. The third-order valence-corrected chi connectivity index (χ3v) is 2.40. The van der Waals surface area contributed by atoms with E-state index in [4.69, 9.17) is 10.5 Å². The fraction of sp³-hybridized carbons (Fsp3) is 0.417. The van der Waals surface area contributed by atoms with Crippen LogP contribution in [0.4, 0.5) is 0 Å². The first-order chi connectivity index (χ1) is 7.69. The monoisotopic (exact) mass is 222 g/mol. The van der Waals surface area contributed by atoms with Crippen LogP contribution in [-0.4, -0.2) is 19.6 Å². The number of ether oxygens (including phenoxy) is 1. The summed E-state index contributed by atoms with van der Waals surface area (Å²) in [5.41, 5.74) is 6.89. The second kappa shape index (κ2) is 6.12. The molecule has 1 amide bonds. The third-order valence-electron chi connectivity index (χ3n) is 2.40. The zero-order valence-electron chi connectivity index (χ0n) is 9.69. The zero-order chi connectivity index (χ0) is 12.0. The number of benzene rings is 1. The van der Waals surface area contributed by atoms with E-state index in [1.165, 1.54) is 0 Å². The summed E-state index contributed by atoms with van der Waals surface area (Å²) in [6.07, 6.45) is 0.834. The molecule has 0 aliphatic rings. The normalized spacial score (nSPS) is 11.9. The van der Waals surface area contributed by atoms with E-state index in [2.05, 4.69) is 5.32 Å². The molecule has 0 aromatic heterocycles. The molecule has 1 aromatic rings. The molecule has 3 N–H and O–H groups in total. The molecule has 0 aliphatic heterocycles. The van der Waals surface area contributed by atoms with E-state index in [0.29, 0.717) is 5.75 Å². The lowest BCUT2D eigenvalue weighted by Crippen LogP contribution is -2.25. The molecule has 0 heterocycles. The summed E-state index contributed by atoms with van der Waals surface area (Å²) in [6.45, 7) is 2.03. The minimum atomic E-state index is -0.153. The van der Waals surface area contributed by atoms with Crippen molar-refractivity contribution in [1.29, 1.82) is 0 Å². The van der Waals surface area contributed by atoms with Crippen molar-refractivity contribution in [3.63, 3.8) is 0 Å². The van der Waals surface area contributed by atoms with Crippen LogP contribution in [0.5, 0.6) is 5.75 Å². The van der Waals surface area contributed by atoms with Crippen molar-refractivity contribution in [3.05, 3.63) is 29.8 Å². The zero-order valence-corrected chi connectivity index (χ0v) is 9.69. The topological polar surface area (TPSA) is 64.3 Å². The minimum absolute atomic E-state index is 0.0178. The average molecular weight is 222 g/mol. The van der Waals surface area contributed by atoms with Gasteiger partial charge in [0.25, 0.3) is 5.91 Å². The number of carbonyl (C=O) groups excluding carboxylic acids is 1. The molecule has 1 unspecified atom stereocenters. The summed E-state index contributed by atoms with van der Waals surface area (Å²) in [6, 6.07) is 7.48. The number of hydrogen-bond donors (Lipinski definition) is 2. The molecule has 1 rings (SSSR count). The summed E-state index contributed by atoms with van der Waals surface area (Å²) < 4.78 is 5.42. The molecule has 1 atom stereocenters. The van der Waals surface area contributed by atoms with E-state index < -0.39 is 0 Å². The molecule has 0 bridgehead atoms. The Kier molecular flexibility index (Phi) is 4.79. The van der Waals surface area contributed by atoms with Crippen LogP contribution in [0.3, 0.4) is 0 Å². The molecular formula is C12H18N2O2. The number of nitrogens with two attached hydrogens (primary N) is 1. The van der Waals surface area contributed by atoms with Crippen molar-refractivity contribution >= 4 is 5.91 Å². The first-order valence-electron chi connectivity index (χ1n) is 5.37. The Labute approximate surface area is 95.8 Å². The second-order valence-electron chi connectivity index (χ2n) is 3.51. The average Bonchev–Trinajstić information content (AvgIpc) is 2.35. The Morgan fingerprint density at radius 3 is 2.81 bits per heavy atom. The number of likely N-dealkylation sites (N-methyl/N-ethyl adjacent to an activating group) is 1. The third kappa shape index (κ3) is 3.24. The maximum atomic E-state index is 11.1. The highest BCUT2D eigenvalue weighted by Gasteiger charge is 2.10. The van der Waals surface area contributed by atoms with Gasteiger partial charge in [-0.25, -0.2) is 0 Å². The Balaban J connectivity index is 2.75. The lowest BCUT2D eigenvalue weighted by molar-refractivity contribution is -0.122. The molecular weight excluding hydrogens is 204 g/mol. The quantitative estimate of drug-likeness (QED) is 0.787. The first-order valence-corrected chi connectivity index (χ1v) is 5.37. The van der Waals surface area contributed by atoms with Crippen LogP contribution in [0.1, 0.15) is 24.9 Å². The van der Waals surface area contributed by atoms with E-state index in [1.807, 2.05) is 31.2 Å². The lowest BCUT2D eigenvalue weighted by atomic mass is 10.0. The summed E-state index contributed by atoms with van der Waals surface area (Å²) in [5.74, 6) is 0.528. The van der Waals surface area contributed by atoms with E-state index >= 15 is 0 Å². The molecule has 0 saturated heterocycles. The number of carbonyl (C=O) groups is 1. The van der Waals surface area contributed by atoms with Crippen LogP contribution in [0.15, 0.2) is 24.3 Å². The predicted octanol–water partition coefficient (Wildman–Crippen LogP) is 1.22. The molecule has 0 aliphatic carbocycles. The summed E-state index contributed by atoms with van der Waals surface area (Å²) in [5, 5.41) is 2.50. The Hall–Kier alpha value is -1.55. The van der Waals surface area contributed by atoms with Gasteiger partial charge in [-0.1, -0.05) is 25.1 Å². The van der Waals surface area contributed by atoms with Gasteiger partial charge in [0.2, 0.25) is 0 Å². The molecule has 4 nitrogen and oxygen atoms in total. The molecule has 0 fully saturated rings. The van der Waals surface area contributed by atoms with Crippen molar-refractivity contribution in [2.75, 3.05) is 13.7 Å². The van der Waals surface area contributed by atoms with E-state index in [9.17, 15) is 4.79 Å². The summed E-state index contributed by atoms with van der Waals surface area (Å²) in [4.78, 5) is 11.1. The lowest BCUT2D eigenvalue weighted by Gasteiger charge is -2.15. The van der Waals surface area contributed by atoms with Crippen LogP contribution in [-0.2, 0) is 4.79 Å². The molecule has 0 saturated carbocycles. The largest absolute Gasteiger partial charge is 0.483 e. The highest BCUT2D eigenvalue weighted by atomic mass is 16.5. The highest BCUT2D eigenvalue weighted by Crippen LogP contribution is 2.25. The minimum Gasteiger partial charge on any atom is -0.483 e. The fourth-order valence-electron chi connectivity index (χ4n) is 1.35. The van der Waals surface area contributed by atoms with Crippen molar-refractivity contribution in [2.45, 2.75) is 19.4 Å². The van der Waals surface area contributed by atoms with E-state index in [0.717, 1.165) is 12.0 Å². The van der Waals surface area contributed by atoms with Gasteiger partial charge in [-0.05, 0) is 12.5 Å². The molecule has 4 heteroatoms. The molecule has 0 radical (unpaired) electrons. The van der Waals surface area contributed by atoms with Gasteiger partial charge in [-0.15, -0.1) is 0 Å². The Bertz CT molecular complexity index is 353. The van der Waals surface area contributed by atoms with Gasteiger partial charge in [0.05, 0.1) is 0 Å². The fourth-order valence-corrected chi connectivity index (χ4v) is 1.35. The maximum Gasteiger partial charge on any atom is 0.257 e. The van der Waals surface area contributed by atoms with Crippen LogP contribution in [0.25, 0.3) is 0 Å². The predicted molar refractivity (Wildman–Crippen MR) is 63.2 cm³/mol. The smallest absolute Gasteiger partial charge is 0.257 e. The van der Waals surface area contributed by atoms with E-state index in [1.54, 1.807) is 7.05 Å². The number of amides is 1. The van der Waals surface area contributed by atoms with E-state index in [-0.39, 0.29) is 18.6 Å². The molecule has 0 spiro atoms. The van der Waals surface area contributed by atoms with Gasteiger partial charge in [-0.2, -0.15) is 0 Å². The number of nitrogens with one attached hydrogen (secondary N) is 1. The van der Waals surface area contributed by atoms with Gasteiger partial charge in [0.1, 0.15) is 5.75 Å². The Morgan fingerprint density at radius 2 is 2.19 bits per heavy atom. The van der Waals surface area contributed by atoms with Crippen LogP contribution in [0.2, 0.25) is 0 Å². The Morgan fingerprint density at radius 1 is 1.50 bits per heavy atom. The maximum absolute atomic E-state index is 11.1. The molecule has 16 heavy (non-hydrogen) atoms. The van der Waals surface area contributed by atoms with Gasteiger partial charge in [0.15, 0.2) is 6.61 Å². The van der Waals surface area contributed by atoms with Gasteiger partial charge in [-0.3, -0.25) is 4.79 Å². The molecule has 88 valence electrons. The number of para-hydroxylation sites is 1. The summed E-state index contributed by atoms with van der Waals surface area (Å²) in [7, 11) is 1.58. The van der Waals surface area contributed by atoms with Crippen molar-refractivity contribution < 1.29 is 9.53 Å². The van der Waals surface area contributed by atoms with Crippen LogP contribution < -0.4 is 15.8 Å². The van der Waals surface area contributed by atoms with Crippen molar-refractivity contribution in [1.82, 2.24) is 5.32 Å². The first kappa shape index (κ1) is 12.5. The summed E-state index contributed by atoms with van der Waals surface area (Å²) >= 11 is 0. The standard InChI is InChI=1S/C12H18N2O2/c1-3-10(13)9-6-4-5-7-11(9)16-8-12(15)14-2/h4-7,10H,3,8,13H2,1-2H3,(H,14,15).